The third-order valence-corrected chi connectivity index (χ3v) is 4.70. The standard InChI is InChI=1S/C12H16BrNOS/c1-9(15)10-3-2-6-14(7-10)8-11-4-5-12(13)16-11/h4-5,10H,2-3,6-8H2,1H3. The highest BCUT2D eigenvalue weighted by Gasteiger charge is 2.23. The van der Waals surface area contributed by atoms with Crippen LogP contribution in [0.15, 0.2) is 15.9 Å². The highest BCUT2D eigenvalue weighted by atomic mass is 79.9. The van der Waals surface area contributed by atoms with Gasteiger partial charge in [0.2, 0.25) is 0 Å². The van der Waals surface area contributed by atoms with E-state index < -0.39 is 0 Å². The second-order valence-electron chi connectivity index (χ2n) is 4.39. The van der Waals surface area contributed by atoms with Gasteiger partial charge in [-0.25, -0.2) is 0 Å². The number of carbonyl (C=O) groups is 1. The molecule has 0 aromatic carbocycles. The van der Waals surface area contributed by atoms with Gasteiger partial charge in [-0.05, 0) is 54.4 Å². The number of likely N-dealkylation sites (tertiary alicyclic amines) is 1. The number of piperidine rings is 1. The molecule has 0 saturated carbocycles. The summed E-state index contributed by atoms with van der Waals surface area (Å²) in [7, 11) is 0. The van der Waals surface area contributed by atoms with E-state index in [9.17, 15) is 4.79 Å². The summed E-state index contributed by atoms with van der Waals surface area (Å²) in [6.07, 6.45) is 2.22. The van der Waals surface area contributed by atoms with Crippen LogP contribution < -0.4 is 0 Å². The molecule has 1 saturated heterocycles. The number of halogens is 1. The molecule has 16 heavy (non-hydrogen) atoms. The highest BCUT2D eigenvalue weighted by molar-refractivity contribution is 9.11. The van der Waals surface area contributed by atoms with Crippen LogP contribution in [0.5, 0.6) is 0 Å². The van der Waals surface area contributed by atoms with Crippen molar-refractivity contribution in [3.05, 3.63) is 20.8 Å². The van der Waals surface area contributed by atoms with Gasteiger partial charge in [-0.2, -0.15) is 0 Å². The minimum Gasteiger partial charge on any atom is -0.300 e. The molecule has 1 aliphatic rings. The van der Waals surface area contributed by atoms with Gasteiger partial charge in [0.25, 0.3) is 0 Å². The van der Waals surface area contributed by atoms with E-state index in [2.05, 4.69) is 33.0 Å². The van der Waals surface area contributed by atoms with Crippen LogP contribution in [0.4, 0.5) is 0 Å². The second kappa shape index (κ2) is 5.43. The minimum absolute atomic E-state index is 0.261. The van der Waals surface area contributed by atoms with Crippen molar-refractivity contribution in [2.24, 2.45) is 5.92 Å². The molecule has 0 bridgehead atoms. The Morgan fingerprint density at radius 3 is 3.06 bits per heavy atom. The number of nitrogens with zero attached hydrogens (tertiary/aromatic N) is 1. The summed E-state index contributed by atoms with van der Waals surface area (Å²) in [6, 6.07) is 4.25. The lowest BCUT2D eigenvalue weighted by Gasteiger charge is -2.30. The van der Waals surface area contributed by atoms with Crippen molar-refractivity contribution in [1.82, 2.24) is 4.90 Å². The lowest BCUT2D eigenvalue weighted by Crippen LogP contribution is -2.37. The van der Waals surface area contributed by atoms with Crippen molar-refractivity contribution < 1.29 is 4.79 Å². The van der Waals surface area contributed by atoms with Gasteiger partial charge in [-0.1, -0.05) is 0 Å². The van der Waals surface area contributed by atoms with E-state index in [4.69, 9.17) is 0 Å². The molecule has 1 aromatic rings. The van der Waals surface area contributed by atoms with Gasteiger partial charge >= 0.3 is 0 Å². The van der Waals surface area contributed by atoms with E-state index in [1.54, 1.807) is 18.3 Å². The monoisotopic (exact) mass is 301 g/mol. The fourth-order valence-electron chi connectivity index (χ4n) is 2.19. The Morgan fingerprint density at radius 1 is 1.62 bits per heavy atom. The van der Waals surface area contributed by atoms with Crippen molar-refractivity contribution >= 4 is 33.0 Å². The fourth-order valence-corrected chi connectivity index (χ4v) is 3.71. The molecule has 2 nitrogen and oxygen atoms in total. The van der Waals surface area contributed by atoms with Crippen LogP contribution in [0.3, 0.4) is 0 Å². The predicted molar refractivity (Wildman–Crippen MR) is 70.7 cm³/mol. The van der Waals surface area contributed by atoms with Crippen LogP contribution in [0.25, 0.3) is 0 Å². The number of hydrogen-bond donors (Lipinski definition) is 0. The van der Waals surface area contributed by atoms with Gasteiger partial charge in [0.05, 0.1) is 3.79 Å². The number of hydrogen-bond acceptors (Lipinski definition) is 3. The maximum Gasteiger partial charge on any atom is 0.134 e. The molecule has 0 aliphatic carbocycles. The van der Waals surface area contributed by atoms with E-state index >= 15 is 0 Å². The summed E-state index contributed by atoms with van der Waals surface area (Å²) in [6.45, 7) is 4.76. The maximum atomic E-state index is 11.4. The first kappa shape index (κ1) is 12.3. The van der Waals surface area contributed by atoms with Crippen molar-refractivity contribution in [2.45, 2.75) is 26.3 Å². The van der Waals surface area contributed by atoms with E-state index in [1.807, 2.05) is 0 Å². The number of rotatable bonds is 3. The number of Topliss-reactive ketones (excluding diaryl/α,β-unsaturated/α-hetero) is 1. The Labute approximate surface area is 109 Å². The normalized spacial score (nSPS) is 22.2. The van der Waals surface area contributed by atoms with Crippen LogP contribution in [0, 0.1) is 5.92 Å². The van der Waals surface area contributed by atoms with Gasteiger partial charge in [0.1, 0.15) is 5.78 Å². The molecule has 0 N–H and O–H groups in total. The molecule has 0 amide bonds. The SMILES string of the molecule is CC(=O)C1CCCN(Cc2ccc(Br)s2)C1. The zero-order chi connectivity index (χ0) is 11.5. The van der Waals surface area contributed by atoms with Crippen molar-refractivity contribution in [3.8, 4) is 0 Å². The Kier molecular flexibility index (Phi) is 4.16. The van der Waals surface area contributed by atoms with Crippen molar-refractivity contribution in [1.29, 1.82) is 0 Å². The lowest BCUT2D eigenvalue weighted by atomic mass is 9.94. The highest BCUT2D eigenvalue weighted by Crippen LogP contribution is 2.25. The lowest BCUT2D eigenvalue weighted by molar-refractivity contribution is -0.122. The summed E-state index contributed by atoms with van der Waals surface area (Å²) in [4.78, 5) is 15.1. The summed E-state index contributed by atoms with van der Waals surface area (Å²) in [5.74, 6) is 0.606. The Hall–Kier alpha value is -0.190. The average molecular weight is 302 g/mol. The van der Waals surface area contributed by atoms with Gasteiger partial charge in [-0.15, -0.1) is 11.3 Å². The molecule has 1 aliphatic heterocycles. The summed E-state index contributed by atoms with van der Waals surface area (Å²) >= 11 is 5.26. The van der Waals surface area contributed by atoms with Crippen LogP contribution in [0.2, 0.25) is 0 Å². The summed E-state index contributed by atoms with van der Waals surface area (Å²) in [5.41, 5.74) is 0. The molecule has 1 aromatic heterocycles. The summed E-state index contributed by atoms with van der Waals surface area (Å²) < 4.78 is 1.18. The van der Waals surface area contributed by atoms with Gasteiger partial charge < -0.3 is 0 Å². The second-order valence-corrected chi connectivity index (χ2v) is 6.94. The van der Waals surface area contributed by atoms with Crippen LogP contribution in [-0.4, -0.2) is 23.8 Å². The van der Waals surface area contributed by atoms with E-state index in [1.165, 1.54) is 8.66 Å². The minimum atomic E-state index is 0.261. The first-order valence-corrected chi connectivity index (χ1v) is 7.23. The van der Waals surface area contributed by atoms with Crippen molar-refractivity contribution in [2.75, 3.05) is 13.1 Å². The van der Waals surface area contributed by atoms with Gasteiger partial charge in [-0.3, -0.25) is 9.69 Å². The van der Waals surface area contributed by atoms with Gasteiger partial charge in [0, 0.05) is 23.9 Å². The average Bonchev–Trinajstić information content (AvgIpc) is 2.64. The smallest absolute Gasteiger partial charge is 0.134 e. The molecule has 1 atom stereocenters. The molecule has 0 radical (unpaired) electrons. The van der Waals surface area contributed by atoms with Crippen LogP contribution in [0.1, 0.15) is 24.6 Å². The molecule has 4 heteroatoms. The predicted octanol–water partition coefficient (Wildman–Crippen LogP) is 3.31. The first-order valence-electron chi connectivity index (χ1n) is 5.62. The Bertz CT molecular complexity index is 377. The molecule has 0 spiro atoms. The first-order chi connectivity index (χ1) is 7.65. The molecule has 2 rings (SSSR count). The van der Waals surface area contributed by atoms with E-state index in [0.717, 1.165) is 32.5 Å². The zero-order valence-corrected chi connectivity index (χ0v) is 11.8. The van der Waals surface area contributed by atoms with Gasteiger partial charge in [0.15, 0.2) is 0 Å². The molecule has 1 unspecified atom stereocenters. The van der Waals surface area contributed by atoms with E-state index in [-0.39, 0.29) is 5.92 Å². The molecule has 88 valence electrons. The Balaban J connectivity index is 1.92. The number of thiophene rings is 1. The molecule has 2 heterocycles. The van der Waals surface area contributed by atoms with Crippen molar-refractivity contribution in [3.63, 3.8) is 0 Å². The van der Waals surface area contributed by atoms with E-state index in [0.29, 0.717) is 5.78 Å². The Morgan fingerprint density at radius 2 is 2.44 bits per heavy atom. The third kappa shape index (κ3) is 3.15. The van der Waals surface area contributed by atoms with Crippen LogP contribution in [-0.2, 0) is 11.3 Å². The quantitative estimate of drug-likeness (QED) is 0.854. The molecular weight excluding hydrogens is 286 g/mol. The fraction of sp³-hybridized carbons (Fsp3) is 0.583. The maximum absolute atomic E-state index is 11.4. The summed E-state index contributed by atoms with van der Waals surface area (Å²) in [5, 5.41) is 0. The van der Waals surface area contributed by atoms with Crippen LogP contribution >= 0.6 is 27.3 Å². The third-order valence-electron chi connectivity index (χ3n) is 3.09. The molecule has 1 fully saturated rings. The number of ketones is 1. The number of carbonyl (C=O) groups excluding carboxylic acids is 1. The topological polar surface area (TPSA) is 20.3 Å². The zero-order valence-electron chi connectivity index (χ0n) is 9.41. The largest absolute Gasteiger partial charge is 0.300 e. The molecular formula is C12H16BrNOS.